The SMILES string of the molecule is CC(OCCNc1cccc2cnn(C3CCC(=O)NC3=O)c(=O)c12)OC(=O)NC(C)(C)C. The van der Waals surface area contributed by atoms with Gasteiger partial charge in [0.25, 0.3) is 11.5 Å². The van der Waals surface area contributed by atoms with Gasteiger partial charge in [-0.25, -0.2) is 9.48 Å². The normalized spacial score (nSPS) is 17.4. The number of hydrogen-bond donors (Lipinski definition) is 3. The van der Waals surface area contributed by atoms with E-state index in [9.17, 15) is 19.2 Å². The Morgan fingerprint density at radius 3 is 2.76 bits per heavy atom. The molecule has 3 amide bonds. The quantitative estimate of drug-likeness (QED) is 0.323. The Kier molecular flexibility index (Phi) is 7.32. The van der Waals surface area contributed by atoms with Crippen LogP contribution in [0, 0.1) is 0 Å². The topological polar surface area (TPSA) is 141 Å². The number of nitrogens with zero attached hydrogens (tertiary/aromatic N) is 2. The highest BCUT2D eigenvalue weighted by molar-refractivity contribution is 5.99. The number of anilines is 1. The maximum atomic E-state index is 13.2. The zero-order valence-electron chi connectivity index (χ0n) is 19.1. The van der Waals surface area contributed by atoms with E-state index in [1.807, 2.05) is 20.8 Å². The molecule has 2 unspecified atom stereocenters. The predicted octanol–water partition coefficient (Wildman–Crippen LogP) is 1.67. The average Bonchev–Trinajstić information content (AvgIpc) is 2.70. The first-order valence-corrected chi connectivity index (χ1v) is 10.7. The molecule has 33 heavy (non-hydrogen) atoms. The number of aromatic nitrogens is 2. The second-order valence-corrected chi connectivity index (χ2v) is 8.78. The van der Waals surface area contributed by atoms with Crippen molar-refractivity contribution in [1.82, 2.24) is 20.4 Å². The number of fused-ring (bicyclic) bond motifs is 1. The van der Waals surface area contributed by atoms with Gasteiger partial charge in [0.05, 0.1) is 18.2 Å². The van der Waals surface area contributed by atoms with Crippen molar-refractivity contribution in [3.05, 3.63) is 34.7 Å². The van der Waals surface area contributed by atoms with E-state index in [1.165, 1.54) is 6.20 Å². The molecule has 1 aliphatic rings. The Morgan fingerprint density at radius 2 is 2.06 bits per heavy atom. The van der Waals surface area contributed by atoms with Crippen molar-refractivity contribution in [2.45, 2.75) is 58.4 Å². The van der Waals surface area contributed by atoms with Gasteiger partial charge >= 0.3 is 6.09 Å². The zero-order chi connectivity index (χ0) is 24.2. The molecule has 1 fully saturated rings. The molecule has 1 saturated heterocycles. The first kappa shape index (κ1) is 24.2. The molecule has 0 radical (unpaired) electrons. The van der Waals surface area contributed by atoms with Gasteiger partial charge in [0.1, 0.15) is 6.04 Å². The molecule has 1 aliphatic heterocycles. The standard InChI is InChI=1S/C22H29N5O6/c1-13(33-21(31)26-22(2,3)4)32-11-10-23-15-7-5-6-14-12-24-27(20(30)18(14)15)16-8-9-17(28)25-19(16)29/h5-7,12-13,16,23H,8-11H2,1-4H3,(H,26,31)(H,25,28,29). The summed E-state index contributed by atoms with van der Waals surface area (Å²) in [6.45, 7) is 7.71. The van der Waals surface area contributed by atoms with Crippen LogP contribution in [-0.4, -0.2) is 52.7 Å². The third kappa shape index (κ3) is 6.28. The summed E-state index contributed by atoms with van der Waals surface area (Å²) in [4.78, 5) is 48.6. The number of ether oxygens (including phenoxy) is 2. The Morgan fingerprint density at radius 1 is 1.30 bits per heavy atom. The molecule has 0 aliphatic carbocycles. The van der Waals surface area contributed by atoms with Crippen molar-refractivity contribution < 1.29 is 23.9 Å². The van der Waals surface area contributed by atoms with Crippen molar-refractivity contribution in [3.8, 4) is 0 Å². The molecule has 0 bridgehead atoms. The Balaban J connectivity index is 1.65. The van der Waals surface area contributed by atoms with Crippen molar-refractivity contribution in [2.24, 2.45) is 0 Å². The van der Waals surface area contributed by atoms with Crippen molar-refractivity contribution in [3.63, 3.8) is 0 Å². The third-order valence-corrected chi connectivity index (χ3v) is 4.87. The number of alkyl carbamates (subject to hydrolysis) is 1. The number of rotatable bonds is 7. The number of imide groups is 1. The highest BCUT2D eigenvalue weighted by atomic mass is 16.7. The van der Waals surface area contributed by atoms with Crippen LogP contribution in [0.3, 0.4) is 0 Å². The fraction of sp³-hybridized carbons (Fsp3) is 0.500. The minimum absolute atomic E-state index is 0.147. The number of piperidine rings is 1. The smallest absolute Gasteiger partial charge is 0.409 e. The van der Waals surface area contributed by atoms with Crippen molar-refractivity contribution in [2.75, 3.05) is 18.5 Å². The van der Waals surface area contributed by atoms with Crippen LogP contribution < -0.4 is 21.5 Å². The van der Waals surface area contributed by atoms with Crippen LogP contribution in [0.4, 0.5) is 10.5 Å². The summed E-state index contributed by atoms with van der Waals surface area (Å²) >= 11 is 0. The van der Waals surface area contributed by atoms with E-state index in [-0.39, 0.29) is 25.4 Å². The molecule has 2 heterocycles. The number of carbonyl (C=O) groups excluding carboxylic acids is 3. The highest BCUT2D eigenvalue weighted by Crippen LogP contribution is 2.21. The van der Waals surface area contributed by atoms with Crippen LogP contribution in [-0.2, 0) is 19.1 Å². The molecular formula is C22H29N5O6. The molecule has 178 valence electrons. The van der Waals surface area contributed by atoms with Gasteiger partial charge in [-0.15, -0.1) is 0 Å². The molecule has 1 aromatic carbocycles. The lowest BCUT2D eigenvalue weighted by atomic mass is 10.1. The molecule has 0 spiro atoms. The van der Waals surface area contributed by atoms with Gasteiger partial charge in [-0.2, -0.15) is 5.10 Å². The number of nitrogens with one attached hydrogen (secondary N) is 3. The number of benzene rings is 1. The lowest BCUT2D eigenvalue weighted by Gasteiger charge is -2.22. The Hall–Kier alpha value is -3.47. The van der Waals surface area contributed by atoms with Crippen molar-refractivity contribution >= 4 is 34.4 Å². The fourth-order valence-electron chi connectivity index (χ4n) is 3.42. The predicted molar refractivity (Wildman–Crippen MR) is 121 cm³/mol. The van der Waals surface area contributed by atoms with E-state index in [0.29, 0.717) is 23.0 Å². The van der Waals surface area contributed by atoms with Gasteiger partial charge in [-0.05, 0) is 40.2 Å². The van der Waals surface area contributed by atoms with Crippen LogP contribution >= 0.6 is 0 Å². The summed E-state index contributed by atoms with van der Waals surface area (Å²) in [5.41, 5.74) is -0.285. The van der Waals surface area contributed by atoms with Crippen LogP contribution in [0.25, 0.3) is 10.8 Å². The second-order valence-electron chi connectivity index (χ2n) is 8.78. The summed E-state index contributed by atoms with van der Waals surface area (Å²) in [5, 5.41) is 13.2. The zero-order valence-corrected chi connectivity index (χ0v) is 19.1. The largest absolute Gasteiger partial charge is 0.420 e. The molecule has 3 N–H and O–H groups in total. The average molecular weight is 460 g/mol. The maximum absolute atomic E-state index is 13.2. The van der Waals surface area contributed by atoms with E-state index in [0.717, 1.165) is 4.68 Å². The first-order valence-electron chi connectivity index (χ1n) is 10.7. The first-order chi connectivity index (χ1) is 15.5. The van der Waals surface area contributed by atoms with E-state index in [4.69, 9.17) is 9.47 Å². The van der Waals surface area contributed by atoms with Gasteiger partial charge in [0.15, 0.2) is 0 Å². The van der Waals surface area contributed by atoms with Gasteiger partial charge < -0.3 is 20.1 Å². The van der Waals surface area contributed by atoms with Gasteiger partial charge in [0.2, 0.25) is 12.2 Å². The minimum atomic E-state index is -0.840. The van der Waals surface area contributed by atoms with Crippen LogP contribution in [0.15, 0.2) is 29.2 Å². The van der Waals surface area contributed by atoms with E-state index in [2.05, 4.69) is 21.0 Å². The lowest BCUT2D eigenvalue weighted by Crippen LogP contribution is -2.45. The third-order valence-electron chi connectivity index (χ3n) is 4.87. The van der Waals surface area contributed by atoms with E-state index < -0.39 is 35.4 Å². The Bertz CT molecular complexity index is 1110. The van der Waals surface area contributed by atoms with Crippen LogP contribution in [0.5, 0.6) is 0 Å². The molecule has 2 aromatic rings. The van der Waals surface area contributed by atoms with E-state index >= 15 is 0 Å². The molecule has 3 rings (SSSR count). The van der Waals surface area contributed by atoms with Gasteiger partial charge in [-0.3, -0.25) is 19.7 Å². The van der Waals surface area contributed by atoms with Crippen molar-refractivity contribution in [1.29, 1.82) is 0 Å². The molecule has 1 aromatic heterocycles. The number of amides is 3. The minimum Gasteiger partial charge on any atom is -0.420 e. The number of carbonyl (C=O) groups is 3. The molecule has 11 heteroatoms. The maximum Gasteiger partial charge on any atom is 0.409 e. The second kappa shape index (κ2) is 9.99. The molecule has 0 saturated carbocycles. The van der Waals surface area contributed by atoms with Crippen LogP contribution in [0.1, 0.15) is 46.6 Å². The van der Waals surface area contributed by atoms with Gasteiger partial charge in [0, 0.05) is 29.6 Å². The molecular weight excluding hydrogens is 430 g/mol. The van der Waals surface area contributed by atoms with Crippen LogP contribution in [0.2, 0.25) is 0 Å². The Labute approximate surface area is 190 Å². The molecule has 2 atom stereocenters. The summed E-state index contributed by atoms with van der Waals surface area (Å²) in [5.74, 6) is -0.898. The summed E-state index contributed by atoms with van der Waals surface area (Å²) in [6, 6.07) is 4.44. The molecule has 11 nitrogen and oxygen atoms in total. The number of hydrogen-bond acceptors (Lipinski definition) is 8. The fourth-order valence-corrected chi connectivity index (χ4v) is 3.42. The van der Waals surface area contributed by atoms with Gasteiger partial charge in [-0.1, -0.05) is 12.1 Å². The highest BCUT2D eigenvalue weighted by Gasteiger charge is 2.30. The monoisotopic (exact) mass is 459 g/mol. The summed E-state index contributed by atoms with van der Waals surface area (Å²) < 4.78 is 11.8. The van der Waals surface area contributed by atoms with E-state index in [1.54, 1.807) is 25.1 Å². The lowest BCUT2D eigenvalue weighted by molar-refractivity contribution is -0.136. The summed E-state index contributed by atoms with van der Waals surface area (Å²) in [6.07, 6.45) is 0.557. The summed E-state index contributed by atoms with van der Waals surface area (Å²) in [7, 11) is 0.